The van der Waals surface area contributed by atoms with Crippen LogP contribution in [0, 0.1) is 5.92 Å². The number of rotatable bonds is 7. The van der Waals surface area contributed by atoms with Crippen LogP contribution in [0.5, 0.6) is 5.75 Å². The minimum absolute atomic E-state index is 0.0880. The SMILES string of the molecule is O=C(O)CN(CC1CC1)C1CC(NC(=O)C2=Cc3ccccc3OC2)C1. The summed E-state index contributed by atoms with van der Waals surface area (Å²) >= 11 is 0. The summed E-state index contributed by atoms with van der Waals surface area (Å²) in [5.74, 6) is 0.598. The van der Waals surface area contributed by atoms with E-state index in [1.54, 1.807) is 0 Å². The lowest BCUT2D eigenvalue weighted by molar-refractivity contribution is -0.140. The highest BCUT2D eigenvalue weighted by atomic mass is 16.5. The van der Waals surface area contributed by atoms with Gasteiger partial charge < -0.3 is 15.2 Å². The first-order valence-corrected chi connectivity index (χ1v) is 9.27. The molecule has 1 aromatic rings. The van der Waals surface area contributed by atoms with Crippen LogP contribution in [0.1, 0.15) is 31.2 Å². The van der Waals surface area contributed by atoms with E-state index in [-0.39, 0.29) is 31.1 Å². The third-order valence-electron chi connectivity index (χ3n) is 5.42. The maximum absolute atomic E-state index is 12.5. The zero-order chi connectivity index (χ0) is 18.1. The maximum atomic E-state index is 12.5. The lowest BCUT2D eigenvalue weighted by atomic mass is 9.85. The zero-order valence-corrected chi connectivity index (χ0v) is 14.7. The highest BCUT2D eigenvalue weighted by Gasteiger charge is 2.38. The van der Waals surface area contributed by atoms with Crippen LogP contribution in [0.2, 0.25) is 0 Å². The molecule has 2 N–H and O–H groups in total. The Labute approximate surface area is 152 Å². The van der Waals surface area contributed by atoms with Crippen LogP contribution in [-0.2, 0) is 9.59 Å². The summed E-state index contributed by atoms with van der Waals surface area (Å²) < 4.78 is 5.64. The molecule has 0 radical (unpaired) electrons. The van der Waals surface area contributed by atoms with Gasteiger partial charge in [0.1, 0.15) is 12.4 Å². The molecule has 0 spiro atoms. The lowest BCUT2D eigenvalue weighted by Crippen LogP contribution is -2.55. The topological polar surface area (TPSA) is 78.9 Å². The van der Waals surface area contributed by atoms with Crippen LogP contribution in [-0.4, -0.2) is 53.7 Å². The molecule has 2 aliphatic carbocycles. The predicted octanol–water partition coefficient (Wildman–Crippen LogP) is 1.91. The van der Waals surface area contributed by atoms with Gasteiger partial charge in [0.15, 0.2) is 0 Å². The van der Waals surface area contributed by atoms with Gasteiger partial charge in [-0.3, -0.25) is 14.5 Å². The minimum atomic E-state index is -0.777. The van der Waals surface area contributed by atoms with Gasteiger partial charge in [-0.25, -0.2) is 0 Å². The van der Waals surface area contributed by atoms with Gasteiger partial charge in [-0.1, -0.05) is 18.2 Å². The number of aliphatic carboxylic acids is 1. The first-order valence-electron chi connectivity index (χ1n) is 9.27. The van der Waals surface area contributed by atoms with Crippen molar-refractivity contribution in [2.75, 3.05) is 19.7 Å². The monoisotopic (exact) mass is 356 g/mol. The lowest BCUT2D eigenvalue weighted by Gasteiger charge is -2.42. The second-order valence-corrected chi connectivity index (χ2v) is 7.56. The van der Waals surface area contributed by atoms with Crippen molar-refractivity contribution in [3.63, 3.8) is 0 Å². The molecular weight excluding hydrogens is 332 g/mol. The van der Waals surface area contributed by atoms with Crippen molar-refractivity contribution in [3.8, 4) is 5.75 Å². The van der Waals surface area contributed by atoms with E-state index in [1.807, 2.05) is 30.3 Å². The van der Waals surface area contributed by atoms with Crippen molar-refractivity contribution in [2.45, 2.75) is 37.8 Å². The van der Waals surface area contributed by atoms with Crippen LogP contribution < -0.4 is 10.1 Å². The molecule has 138 valence electrons. The molecule has 1 aliphatic heterocycles. The Bertz CT molecular complexity index is 735. The molecule has 6 nitrogen and oxygen atoms in total. The number of carboxylic acid groups (broad SMARTS) is 1. The first-order chi connectivity index (χ1) is 12.6. The molecule has 0 saturated heterocycles. The molecule has 1 aromatic carbocycles. The van der Waals surface area contributed by atoms with Crippen LogP contribution in [0.15, 0.2) is 29.8 Å². The molecule has 1 amide bonds. The molecule has 0 atom stereocenters. The number of hydrogen-bond donors (Lipinski definition) is 2. The van der Waals surface area contributed by atoms with Gasteiger partial charge in [0.05, 0.1) is 12.1 Å². The number of nitrogens with one attached hydrogen (secondary N) is 1. The molecule has 2 fully saturated rings. The Morgan fingerprint density at radius 1 is 1.23 bits per heavy atom. The standard InChI is InChI=1S/C20H24N2O4/c23-19(24)11-22(10-13-5-6-13)17-8-16(9-17)21-20(25)15-7-14-3-1-2-4-18(14)26-12-15/h1-4,7,13,16-17H,5-6,8-12H2,(H,21,25)(H,23,24). The number of carbonyl (C=O) groups excluding carboxylic acids is 1. The van der Waals surface area contributed by atoms with E-state index in [2.05, 4.69) is 10.2 Å². The predicted molar refractivity (Wildman–Crippen MR) is 96.8 cm³/mol. The summed E-state index contributed by atoms with van der Waals surface area (Å²) in [6.45, 7) is 1.25. The Balaban J connectivity index is 1.30. The second-order valence-electron chi connectivity index (χ2n) is 7.56. The quantitative estimate of drug-likeness (QED) is 0.780. The van der Waals surface area contributed by atoms with E-state index in [0.29, 0.717) is 11.5 Å². The number of amides is 1. The number of fused-ring (bicyclic) bond motifs is 1. The first kappa shape index (κ1) is 17.1. The Kier molecular flexibility index (Phi) is 4.68. The number of hydrogen-bond acceptors (Lipinski definition) is 4. The summed E-state index contributed by atoms with van der Waals surface area (Å²) in [4.78, 5) is 25.6. The average Bonchev–Trinajstić information content (AvgIpc) is 3.40. The zero-order valence-electron chi connectivity index (χ0n) is 14.7. The number of para-hydroxylation sites is 1. The van der Waals surface area contributed by atoms with Gasteiger partial charge in [-0.05, 0) is 43.7 Å². The normalized spacial score (nSPS) is 24.1. The highest BCUT2D eigenvalue weighted by molar-refractivity contribution is 5.99. The summed E-state index contributed by atoms with van der Waals surface area (Å²) in [6.07, 6.45) is 5.93. The average molecular weight is 356 g/mol. The van der Waals surface area contributed by atoms with Crippen molar-refractivity contribution in [2.24, 2.45) is 5.92 Å². The van der Waals surface area contributed by atoms with Crippen LogP contribution >= 0.6 is 0 Å². The van der Waals surface area contributed by atoms with Gasteiger partial charge in [0.2, 0.25) is 0 Å². The minimum Gasteiger partial charge on any atom is -0.488 e. The third-order valence-corrected chi connectivity index (χ3v) is 5.42. The van der Waals surface area contributed by atoms with Gasteiger partial charge in [-0.15, -0.1) is 0 Å². The van der Waals surface area contributed by atoms with Crippen molar-refractivity contribution >= 4 is 18.0 Å². The van der Waals surface area contributed by atoms with E-state index in [9.17, 15) is 9.59 Å². The molecule has 3 aliphatic rings. The largest absolute Gasteiger partial charge is 0.488 e. The van der Waals surface area contributed by atoms with Crippen LogP contribution in [0.4, 0.5) is 0 Å². The van der Waals surface area contributed by atoms with Crippen molar-refractivity contribution in [1.82, 2.24) is 10.2 Å². The van der Waals surface area contributed by atoms with Gasteiger partial charge in [0, 0.05) is 24.2 Å². The molecule has 2 saturated carbocycles. The maximum Gasteiger partial charge on any atom is 0.317 e. The van der Waals surface area contributed by atoms with E-state index in [4.69, 9.17) is 9.84 Å². The molecule has 0 aromatic heterocycles. The number of carbonyl (C=O) groups is 2. The molecule has 4 rings (SSSR count). The van der Waals surface area contributed by atoms with E-state index >= 15 is 0 Å². The third kappa shape index (κ3) is 3.90. The number of ether oxygens (including phenoxy) is 1. The molecule has 6 heteroatoms. The van der Waals surface area contributed by atoms with Crippen molar-refractivity contribution in [1.29, 1.82) is 0 Å². The summed E-state index contributed by atoms with van der Waals surface area (Å²) in [7, 11) is 0. The van der Waals surface area contributed by atoms with E-state index in [0.717, 1.165) is 30.7 Å². The Morgan fingerprint density at radius 3 is 2.73 bits per heavy atom. The fourth-order valence-electron chi connectivity index (χ4n) is 3.68. The fraction of sp³-hybridized carbons (Fsp3) is 0.500. The number of carboxylic acids is 1. The Hall–Kier alpha value is -2.34. The highest BCUT2D eigenvalue weighted by Crippen LogP contribution is 2.34. The summed E-state index contributed by atoms with van der Waals surface area (Å²) in [5.41, 5.74) is 1.56. The molecule has 1 heterocycles. The summed E-state index contributed by atoms with van der Waals surface area (Å²) in [5, 5.41) is 12.2. The molecule has 0 unspecified atom stereocenters. The van der Waals surface area contributed by atoms with E-state index < -0.39 is 5.97 Å². The number of benzene rings is 1. The molecular formula is C20H24N2O4. The fourth-order valence-corrected chi connectivity index (χ4v) is 3.68. The van der Waals surface area contributed by atoms with Crippen molar-refractivity contribution in [3.05, 3.63) is 35.4 Å². The van der Waals surface area contributed by atoms with Crippen LogP contribution in [0.25, 0.3) is 6.08 Å². The summed E-state index contributed by atoms with van der Waals surface area (Å²) in [6, 6.07) is 8.04. The smallest absolute Gasteiger partial charge is 0.317 e. The van der Waals surface area contributed by atoms with Crippen LogP contribution in [0.3, 0.4) is 0 Å². The second kappa shape index (κ2) is 7.11. The van der Waals surface area contributed by atoms with Gasteiger partial charge in [0.25, 0.3) is 5.91 Å². The Morgan fingerprint density at radius 2 is 2.00 bits per heavy atom. The molecule has 0 bridgehead atoms. The number of nitrogens with zero attached hydrogens (tertiary/aromatic N) is 1. The van der Waals surface area contributed by atoms with Gasteiger partial charge in [-0.2, -0.15) is 0 Å². The molecule has 26 heavy (non-hydrogen) atoms. The van der Waals surface area contributed by atoms with Crippen molar-refractivity contribution < 1.29 is 19.4 Å². The van der Waals surface area contributed by atoms with Gasteiger partial charge >= 0.3 is 5.97 Å². The van der Waals surface area contributed by atoms with E-state index in [1.165, 1.54) is 12.8 Å².